The zero-order chi connectivity index (χ0) is 15.1. The fraction of sp³-hybridized carbons (Fsp3) is 0.929. The topological polar surface area (TPSA) is 37.3 Å². The molecule has 0 radical (unpaired) electrons. The normalized spacial score (nSPS) is 10.8. The standard InChI is InChI=1S/C14H29NO2.BrCl/c1-4-7-10-15(11-8-5-2,12-9-6-3)13-14(16)17;1-2/h4-13H2,1-3H3;/p+1. The summed E-state index contributed by atoms with van der Waals surface area (Å²) in [5.41, 5.74) is 0. The predicted octanol–water partition coefficient (Wildman–Crippen LogP) is 4.82. The van der Waals surface area contributed by atoms with Gasteiger partial charge < -0.3 is 9.59 Å². The maximum atomic E-state index is 11.1. The second kappa shape index (κ2) is 14.6. The van der Waals surface area contributed by atoms with Gasteiger partial charge in [0.15, 0.2) is 6.54 Å². The van der Waals surface area contributed by atoms with Crippen LogP contribution < -0.4 is 0 Å². The minimum Gasteiger partial charge on any atom is -0.477 e. The van der Waals surface area contributed by atoms with Gasteiger partial charge in [-0.2, -0.15) is 0 Å². The Hall–Kier alpha value is 0.200. The molecule has 19 heavy (non-hydrogen) atoms. The minimum atomic E-state index is -0.645. The van der Waals surface area contributed by atoms with Crippen molar-refractivity contribution in [2.45, 2.75) is 59.3 Å². The van der Waals surface area contributed by atoms with Gasteiger partial charge >= 0.3 is 5.97 Å². The Bertz CT molecular complexity index is 194. The van der Waals surface area contributed by atoms with Crippen LogP contribution in [0.1, 0.15) is 59.3 Å². The molecule has 0 aromatic carbocycles. The molecule has 0 saturated carbocycles. The van der Waals surface area contributed by atoms with Crippen molar-refractivity contribution in [1.29, 1.82) is 0 Å². The average Bonchev–Trinajstić information content (AvgIpc) is 2.42. The van der Waals surface area contributed by atoms with E-state index in [9.17, 15) is 4.79 Å². The van der Waals surface area contributed by atoms with Crippen molar-refractivity contribution in [2.24, 2.45) is 0 Å². The van der Waals surface area contributed by atoms with Gasteiger partial charge in [0.2, 0.25) is 0 Å². The van der Waals surface area contributed by atoms with Crippen LogP contribution in [-0.2, 0) is 4.79 Å². The third kappa shape index (κ3) is 11.7. The van der Waals surface area contributed by atoms with Crippen LogP contribution in [0.25, 0.3) is 0 Å². The number of hydrogen-bond donors (Lipinski definition) is 1. The molecule has 5 heteroatoms. The van der Waals surface area contributed by atoms with Gasteiger partial charge in [-0.05, 0) is 29.4 Å². The Morgan fingerprint density at radius 2 is 1.26 bits per heavy atom. The number of halogens is 2. The highest BCUT2D eigenvalue weighted by Crippen LogP contribution is 2.14. The molecule has 0 aliphatic heterocycles. The number of carboxylic acid groups (broad SMARTS) is 1. The molecule has 0 rings (SSSR count). The van der Waals surface area contributed by atoms with E-state index >= 15 is 0 Å². The maximum absolute atomic E-state index is 11.1. The smallest absolute Gasteiger partial charge is 0.359 e. The summed E-state index contributed by atoms with van der Waals surface area (Å²) in [4.78, 5) is 11.1. The van der Waals surface area contributed by atoms with E-state index in [1.807, 2.05) is 0 Å². The minimum absolute atomic E-state index is 0.306. The van der Waals surface area contributed by atoms with Crippen molar-refractivity contribution in [1.82, 2.24) is 0 Å². The van der Waals surface area contributed by atoms with Crippen molar-refractivity contribution in [3.05, 3.63) is 0 Å². The van der Waals surface area contributed by atoms with Crippen LogP contribution >= 0.6 is 25.1 Å². The lowest BCUT2D eigenvalue weighted by Crippen LogP contribution is -2.53. The molecule has 0 bridgehead atoms. The van der Waals surface area contributed by atoms with E-state index in [-0.39, 0.29) is 0 Å². The molecule has 116 valence electrons. The lowest BCUT2D eigenvalue weighted by Gasteiger charge is -2.37. The van der Waals surface area contributed by atoms with Crippen LogP contribution in [0.3, 0.4) is 0 Å². The molecular weight excluding hydrogens is 330 g/mol. The lowest BCUT2D eigenvalue weighted by atomic mass is 10.1. The van der Waals surface area contributed by atoms with Crippen LogP contribution in [0.2, 0.25) is 0 Å². The Balaban J connectivity index is 0. The third-order valence-corrected chi connectivity index (χ3v) is 3.43. The quantitative estimate of drug-likeness (QED) is 0.537. The molecule has 0 amide bonds. The molecule has 0 atom stereocenters. The molecule has 0 aliphatic rings. The number of carboxylic acids is 1. The Morgan fingerprint density at radius 1 is 0.947 bits per heavy atom. The first-order chi connectivity index (χ1) is 9.10. The van der Waals surface area contributed by atoms with Crippen molar-refractivity contribution >= 4 is 31.1 Å². The van der Waals surface area contributed by atoms with Crippen LogP contribution in [0.4, 0.5) is 0 Å². The predicted molar refractivity (Wildman–Crippen MR) is 86.9 cm³/mol. The number of quaternary nitrogens is 1. The molecule has 0 fully saturated rings. The number of rotatable bonds is 11. The van der Waals surface area contributed by atoms with Gasteiger partial charge in [-0.15, -0.1) is 0 Å². The molecule has 3 nitrogen and oxygen atoms in total. The van der Waals surface area contributed by atoms with Gasteiger partial charge in [-0.25, -0.2) is 4.79 Å². The van der Waals surface area contributed by atoms with Crippen LogP contribution in [-0.4, -0.2) is 41.7 Å². The summed E-state index contributed by atoms with van der Waals surface area (Å²) < 4.78 is 0.796. The van der Waals surface area contributed by atoms with Crippen molar-refractivity contribution in [3.8, 4) is 0 Å². The summed E-state index contributed by atoms with van der Waals surface area (Å²) in [7, 11) is 4.45. The second-order valence-corrected chi connectivity index (χ2v) is 5.12. The maximum Gasteiger partial charge on any atom is 0.359 e. The molecule has 1 N–H and O–H groups in total. The summed E-state index contributed by atoms with van der Waals surface area (Å²) in [6.45, 7) is 9.92. The van der Waals surface area contributed by atoms with Gasteiger partial charge in [0.05, 0.1) is 19.6 Å². The SMILES string of the molecule is CCCC[N+](CCCC)(CCCC)CC(=O)O.ClBr. The van der Waals surface area contributed by atoms with E-state index in [2.05, 4.69) is 45.9 Å². The van der Waals surface area contributed by atoms with Gasteiger partial charge in [-0.3, -0.25) is 0 Å². The number of hydrogen-bond acceptors (Lipinski definition) is 1. The molecule has 0 heterocycles. The molecule has 0 aromatic rings. The molecule has 0 saturated heterocycles. The zero-order valence-electron chi connectivity index (χ0n) is 12.6. The van der Waals surface area contributed by atoms with Crippen LogP contribution in [0, 0.1) is 0 Å². The summed E-state index contributed by atoms with van der Waals surface area (Å²) in [6, 6.07) is 0. The first-order valence-electron chi connectivity index (χ1n) is 7.31. The molecule has 0 spiro atoms. The van der Waals surface area contributed by atoms with E-state index in [1.54, 1.807) is 0 Å². The van der Waals surface area contributed by atoms with Gasteiger partial charge in [-0.1, -0.05) is 40.0 Å². The number of aliphatic carboxylic acids is 1. The van der Waals surface area contributed by atoms with E-state index in [0.29, 0.717) is 6.54 Å². The lowest BCUT2D eigenvalue weighted by molar-refractivity contribution is -0.922. The van der Waals surface area contributed by atoms with Crippen LogP contribution in [0.15, 0.2) is 0 Å². The van der Waals surface area contributed by atoms with Crippen molar-refractivity contribution < 1.29 is 14.4 Å². The number of nitrogens with zero attached hydrogens (tertiary/aromatic N) is 1. The number of carbonyl (C=O) groups is 1. The fourth-order valence-corrected chi connectivity index (χ4v) is 2.34. The van der Waals surface area contributed by atoms with Gasteiger partial charge in [0.25, 0.3) is 0 Å². The van der Waals surface area contributed by atoms with E-state index < -0.39 is 5.97 Å². The first-order valence-corrected chi connectivity index (χ1v) is 9.39. The molecular formula is C14H30BrClNO2+. The zero-order valence-corrected chi connectivity index (χ0v) is 15.0. The highest BCUT2D eigenvalue weighted by molar-refractivity contribution is 9.22. The highest BCUT2D eigenvalue weighted by Gasteiger charge is 2.28. The summed E-state index contributed by atoms with van der Waals surface area (Å²) >= 11 is 2.41. The highest BCUT2D eigenvalue weighted by atomic mass is 79.9. The largest absolute Gasteiger partial charge is 0.477 e. The fourth-order valence-electron chi connectivity index (χ4n) is 2.34. The Kier molecular flexibility index (Phi) is 16.5. The second-order valence-electron chi connectivity index (χ2n) is 5.12. The van der Waals surface area contributed by atoms with Gasteiger partial charge in [0.1, 0.15) is 0 Å². The van der Waals surface area contributed by atoms with Crippen molar-refractivity contribution in [2.75, 3.05) is 26.2 Å². The van der Waals surface area contributed by atoms with Crippen molar-refractivity contribution in [3.63, 3.8) is 0 Å². The molecule has 0 unspecified atom stereocenters. The summed E-state index contributed by atoms with van der Waals surface area (Å²) in [5.74, 6) is -0.645. The molecule has 0 aromatic heterocycles. The third-order valence-electron chi connectivity index (χ3n) is 3.43. The van der Waals surface area contributed by atoms with E-state index in [4.69, 9.17) is 5.11 Å². The summed E-state index contributed by atoms with van der Waals surface area (Å²) in [5, 5.41) is 9.13. The van der Waals surface area contributed by atoms with Crippen LogP contribution in [0.5, 0.6) is 0 Å². The Labute approximate surface area is 131 Å². The Morgan fingerprint density at radius 3 is 1.47 bits per heavy atom. The molecule has 0 aliphatic carbocycles. The monoisotopic (exact) mass is 358 g/mol. The first kappa shape index (κ1) is 21.5. The summed E-state index contributed by atoms with van der Waals surface area (Å²) in [6.07, 6.45) is 6.87. The van der Waals surface area contributed by atoms with E-state index in [0.717, 1.165) is 62.6 Å². The average molecular weight is 360 g/mol. The van der Waals surface area contributed by atoms with E-state index in [1.165, 1.54) is 0 Å². The number of unbranched alkanes of at least 4 members (excludes halogenated alkanes) is 3. The van der Waals surface area contributed by atoms with Gasteiger partial charge in [0, 0.05) is 15.0 Å².